The molecule has 136 valence electrons. The molecule has 0 saturated carbocycles. The van der Waals surface area contributed by atoms with Gasteiger partial charge in [0.2, 0.25) is 5.91 Å². The molecule has 1 amide bonds. The SMILES string of the molecule is C[C@H]1CN(C2CCN(C(=O)[C@H]3Cc4ccccc4CN3)CC2)CCO1. The molecule has 0 bridgehead atoms. The van der Waals surface area contributed by atoms with Gasteiger partial charge in [0.05, 0.1) is 18.8 Å². The van der Waals surface area contributed by atoms with E-state index < -0.39 is 0 Å². The molecule has 2 fully saturated rings. The average molecular weight is 343 g/mol. The molecule has 0 spiro atoms. The molecule has 1 aromatic rings. The molecule has 3 aliphatic heterocycles. The summed E-state index contributed by atoms with van der Waals surface area (Å²) >= 11 is 0. The molecular weight excluding hydrogens is 314 g/mol. The Kier molecular flexibility index (Phi) is 5.06. The van der Waals surface area contributed by atoms with Crippen LogP contribution in [0.15, 0.2) is 24.3 Å². The Labute approximate surface area is 150 Å². The van der Waals surface area contributed by atoms with Crippen molar-refractivity contribution < 1.29 is 9.53 Å². The molecule has 0 aromatic heterocycles. The van der Waals surface area contributed by atoms with E-state index in [1.54, 1.807) is 0 Å². The standard InChI is InChI=1S/C20H29N3O2/c1-15-14-23(10-11-25-15)18-6-8-22(9-7-18)20(24)19-12-16-4-2-3-5-17(16)13-21-19/h2-5,15,18-19,21H,6-14H2,1H3/t15-,19+/m0/s1. The van der Waals surface area contributed by atoms with E-state index in [9.17, 15) is 4.79 Å². The van der Waals surface area contributed by atoms with Gasteiger partial charge in [0.25, 0.3) is 0 Å². The number of piperidine rings is 1. The quantitative estimate of drug-likeness (QED) is 0.882. The lowest BCUT2D eigenvalue weighted by atomic mass is 9.94. The van der Waals surface area contributed by atoms with Crippen molar-refractivity contribution in [3.05, 3.63) is 35.4 Å². The molecule has 25 heavy (non-hydrogen) atoms. The van der Waals surface area contributed by atoms with Gasteiger partial charge in [-0.1, -0.05) is 24.3 Å². The monoisotopic (exact) mass is 343 g/mol. The Bertz CT molecular complexity index is 613. The summed E-state index contributed by atoms with van der Waals surface area (Å²) in [5.41, 5.74) is 2.64. The minimum Gasteiger partial charge on any atom is -0.376 e. The molecule has 2 saturated heterocycles. The molecule has 3 aliphatic rings. The Morgan fingerprint density at radius 1 is 1.16 bits per heavy atom. The lowest BCUT2D eigenvalue weighted by Crippen LogP contribution is -2.55. The number of carbonyl (C=O) groups is 1. The van der Waals surface area contributed by atoms with E-state index >= 15 is 0 Å². The van der Waals surface area contributed by atoms with Crippen LogP contribution in [0.2, 0.25) is 0 Å². The van der Waals surface area contributed by atoms with Crippen LogP contribution < -0.4 is 5.32 Å². The number of benzene rings is 1. The van der Waals surface area contributed by atoms with E-state index in [0.29, 0.717) is 12.1 Å². The van der Waals surface area contributed by atoms with Gasteiger partial charge in [-0.25, -0.2) is 0 Å². The van der Waals surface area contributed by atoms with E-state index in [1.807, 2.05) is 0 Å². The molecule has 2 atom stereocenters. The fraction of sp³-hybridized carbons (Fsp3) is 0.650. The van der Waals surface area contributed by atoms with Crippen LogP contribution in [0.1, 0.15) is 30.9 Å². The summed E-state index contributed by atoms with van der Waals surface area (Å²) in [5, 5.41) is 3.43. The van der Waals surface area contributed by atoms with Gasteiger partial charge in [-0.3, -0.25) is 9.69 Å². The second-order valence-corrected chi connectivity index (χ2v) is 7.64. The van der Waals surface area contributed by atoms with Crippen molar-refractivity contribution in [1.82, 2.24) is 15.1 Å². The van der Waals surface area contributed by atoms with Crippen LogP contribution in [0.5, 0.6) is 0 Å². The van der Waals surface area contributed by atoms with Crippen molar-refractivity contribution in [2.24, 2.45) is 0 Å². The molecule has 1 N–H and O–H groups in total. The zero-order valence-corrected chi connectivity index (χ0v) is 15.1. The van der Waals surface area contributed by atoms with Crippen molar-refractivity contribution >= 4 is 5.91 Å². The van der Waals surface area contributed by atoms with Crippen LogP contribution >= 0.6 is 0 Å². The highest BCUT2D eigenvalue weighted by Gasteiger charge is 2.33. The van der Waals surface area contributed by atoms with E-state index in [0.717, 1.165) is 58.6 Å². The average Bonchev–Trinajstić information content (AvgIpc) is 2.67. The molecule has 1 aromatic carbocycles. The first-order valence-corrected chi connectivity index (χ1v) is 9.65. The number of nitrogens with one attached hydrogen (secondary N) is 1. The second kappa shape index (κ2) is 7.44. The zero-order valence-electron chi connectivity index (χ0n) is 15.1. The number of amides is 1. The molecule has 5 nitrogen and oxygen atoms in total. The fourth-order valence-corrected chi connectivity index (χ4v) is 4.48. The summed E-state index contributed by atoms with van der Waals surface area (Å²) in [4.78, 5) is 17.6. The summed E-state index contributed by atoms with van der Waals surface area (Å²) in [6.07, 6.45) is 3.32. The maximum atomic E-state index is 12.9. The Morgan fingerprint density at radius 3 is 2.68 bits per heavy atom. The lowest BCUT2D eigenvalue weighted by Gasteiger charge is -2.42. The highest BCUT2D eigenvalue weighted by molar-refractivity contribution is 5.82. The first-order valence-electron chi connectivity index (χ1n) is 9.65. The number of ether oxygens (including phenoxy) is 1. The Hall–Kier alpha value is -1.43. The summed E-state index contributed by atoms with van der Waals surface area (Å²) in [6, 6.07) is 8.99. The predicted octanol–water partition coefficient (Wildman–Crippen LogP) is 1.41. The first kappa shape index (κ1) is 17.0. The van der Waals surface area contributed by atoms with Crippen molar-refractivity contribution in [3.8, 4) is 0 Å². The third kappa shape index (κ3) is 3.73. The normalized spacial score (nSPS) is 28.6. The number of likely N-dealkylation sites (tertiary alicyclic amines) is 1. The van der Waals surface area contributed by atoms with Crippen LogP contribution in [-0.2, 0) is 22.5 Å². The lowest BCUT2D eigenvalue weighted by molar-refractivity contribution is -0.135. The number of morpholine rings is 1. The maximum Gasteiger partial charge on any atom is 0.240 e. The number of fused-ring (bicyclic) bond motifs is 1. The number of hydrogen-bond acceptors (Lipinski definition) is 4. The van der Waals surface area contributed by atoms with Crippen LogP contribution in [0.25, 0.3) is 0 Å². The van der Waals surface area contributed by atoms with Gasteiger partial charge in [0.15, 0.2) is 0 Å². The van der Waals surface area contributed by atoms with E-state index in [2.05, 4.69) is 46.3 Å². The Morgan fingerprint density at radius 2 is 1.92 bits per heavy atom. The number of rotatable bonds is 2. The number of hydrogen-bond donors (Lipinski definition) is 1. The minimum absolute atomic E-state index is 0.0603. The molecular formula is C20H29N3O2. The van der Waals surface area contributed by atoms with Gasteiger partial charge >= 0.3 is 0 Å². The first-order chi connectivity index (χ1) is 12.2. The van der Waals surface area contributed by atoms with Crippen molar-refractivity contribution in [2.45, 2.75) is 50.9 Å². The Balaban J connectivity index is 1.31. The highest BCUT2D eigenvalue weighted by Crippen LogP contribution is 2.22. The second-order valence-electron chi connectivity index (χ2n) is 7.64. The number of carbonyl (C=O) groups excluding carboxylic acids is 1. The van der Waals surface area contributed by atoms with Gasteiger partial charge in [-0.05, 0) is 37.3 Å². The molecule has 3 heterocycles. The highest BCUT2D eigenvalue weighted by atomic mass is 16.5. The van der Waals surface area contributed by atoms with Gasteiger partial charge in [0.1, 0.15) is 0 Å². The third-order valence-electron chi connectivity index (χ3n) is 5.94. The van der Waals surface area contributed by atoms with Crippen LogP contribution in [0.4, 0.5) is 0 Å². The molecule has 0 unspecified atom stereocenters. The topological polar surface area (TPSA) is 44.8 Å². The van der Waals surface area contributed by atoms with Gasteiger partial charge in [-0.2, -0.15) is 0 Å². The van der Waals surface area contributed by atoms with Crippen molar-refractivity contribution in [3.63, 3.8) is 0 Å². The van der Waals surface area contributed by atoms with Gasteiger partial charge in [-0.15, -0.1) is 0 Å². The summed E-state index contributed by atoms with van der Waals surface area (Å²) in [7, 11) is 0. The van der Waals surface area contributed by atoms with Crippen molar-refractivity contribution in [2.75, 3.05) is 32.8 Å². The fourth-order valence-electron chi connectivity index (χ4n) is 4.48. The van der Waals surface area contributed by atoms with Crippen LogP contribution in [-0.4, -0.2) is 66.7 Å². The summed E-state index contributed by atoms with van der Waals surface area (Å²) < 4.78 is 5.65. The van der Waals surface area contributed by atoms with Crippen molar-refractivity contribution in [1.29, 1.82) is 0 Å². The van der Waals surface area contributed by atoms with Crippen LogP contribution in [0, 0.1) is 0 Å². The molecule has 4 rings (SSSR count). The summed E-state index contributed by atoms with van der Waals surface area (Å²) in [6.45, 7) is 7.62. The molecule has 5 heteroatoms. The minimum atomic E-state index is -0.0603. The summed E-state index contributed by atoms with van der Waals surface area (Å²) in [5.74, 6) is 0.281. The largest absolute Gasteiger partial charge is 0.376 e. The molecule has 0 aliphatic carbocycles. The van der Waals surface area contributed by atoms with E-state index in [4.69, 9.17) is 4.74 Å². The smallest absolute Gasteiger partial charge is 0.240 e. The molecule has 0 radical (unpaired) electrons. The van der Waals surface area contributed by atoms with Crippen LogP contribution in [0.3, 0.4) is 0 Å². The zero-order chi connectivity index (χ0) is 17.2. The van der Waals surface area contributed by atoms with E-state index in [1.165, 1.54) is 11.1 Å². The van der Waals surface area contributed by atoms with E-state index in [-0.39, 0.29) is 11.9 Å². The maximum absolute atomic E-state index is 12.9. The predicted molar refractivity (Wildman–Crippen MR) is 97.4 cm³/mol. The number of nitrogens with zero attached hydrogens (tertiary/aromatic N) is 2. The third-order valence-corrected chi connectivity index (χ3v) is 5.94. The van der Waals surface area contributed by atoms with Gasteiger partial charge in [0, 0.05) is 38.8 Å². The van der Waals surface area contributed by atoms with Gasteiger partial charge < -0.3 is 15.0 Å².